The highest BCUT2D eigenvalue weighted by molar-refractivity contribution is 7.80. The topological polar surface area (TPSA) is 49.4 Å². The summed E-state index contributed by atoms with van der Waals surface area (Å²) in [7, 11) is 0. The summed E-state index contributed by atoms with van der Waals surface area (Å²) >= 11 is 11.8. The Balaban J connectivity index is 1.62. The molecule has 0 unspecified atom stereocenters. The summed E-state index contributed by atoms with van der Waals surface area (Å²) in [6.45, 7) is 4.15. The normalized spacial score (nSPS) is 15.3. The molecular weight excluding hydrogens is 440 g/mol. The lowest BCUT2D eigenvalue weighted by Crippen LogP contribution is -2.54. The van der Waals surface area contributed by atoms with Gasteiger partial charge in [0.2, 0.25) is 0 Å². The molecule has 0 bridgehead atoms. The van der Waals surface area contributed by atoms with Crippen LogP contribution in [0.1, 0.15) is 27.8 Å². The highest BCUT2D eigenvalue weighted by Gasteiger charge is 2.34. The first-order chi connectivity index (χ1) is 15.3. The van der Waals surface area contributed by atoms with Crippen LogP contribution in [0.2, 0.25) is 5.02 Å². The van der Waals surface area contributed by atoms with E-state index >= 15 is 0 Å². The average Bonchev–Trinajstić information content (AvgIpc) is 2.73. The van der Waals surface area contributed by atoms with E-state index in [0.29, 0.717) is 22.7 Å². The summed E-state index contributed by atoms with van der Waals surface area (Å²) in [5, 5.41) is 3.24. The van der Waals surface area contributed by atoms with E-state index in [-0.39, 0.29) is 10.7 Å². The number of aryl methyl sites for hydroxylation is 2. The van der Waals surface area contributed by atoms with E-state index in [1.165, 1.54) is 21.6 Å². The van der Waals surface area contributed by atoms with E-state index in [1.807, 2.05) is 18.2 Å². The van der Waals surface area contributed by atoms with Crippen molar-refractivity contribution in [2.75, 3.05) is 4.90 Å². The van der Waals surface area contributed by atoms with Gasteiger partial charge in [-0.1, -0.05) is 71.3 Å². The number of para-hydroxylation sites is 1. The number of carbonyl (C=O) groups excluding carboxylic acids is 2. The van der Waals surface area contributed by atoms with Crippen LogP contribution < -0.4 is 10.2 Å². The molecule has 0 saturated carbocycles. The van der Waals surface area contributed by atoms with Gasteiger partial charge >= 0.3 is 0 Å². The first-order valence-electron chi connectivity index (χ1n) is 10.1. The zero-order valence-corrected chi connectivity index (χ0v) is 19.3. The van der Waals surface area contributed by atoms with E-state index < -0.39 is 11.8 Å². The Labute approximate surface area is 197 Å². The van der Waals surface area contributed by atoms with Crippen molar-refractivity contribution < 1.29 is 9.59 Å². The molecule has 2 amide bonds. The minimum atomic E-state index is -0.525. The third-order valence-electron chi connectivity index (χ3n) is 5.18. The third-order valence-corrected chi connectivity index (χ3v) is 5.82. The second-order valence-corrected chi connectivity index (χ2v) is 8.61. The summed E-state index contributed by atoms with van der Waals surface area (Å²) in [5.74, 6) is -0.997. The molecule has 1 N–H and O–H groups in total. The first kappa shape index (κ1) is 21.9. The summed E-state index contributed by atoms with van der Waals surface area (Å²) in [5.41, 5.74) is 5.84. The van der Waals surface area contributed by atoms with E-state index in [2.05, 4.69) is 37.4 Å². The van der Waals surface area contributed by atoms with Gasteiger partial charge in [-0.25, -0.2) is 0 Å². The Morgan fingerprint density at radius 1 is 0.969 bits per heavy atom. The molecule has 160 valence electrons. The number of nitrogens with zero attached hydrogens (tertiary/aromatic N) is 1. The third kappa shape index (κ3) is 4.64. The van der Waals surface area contributed by atoms with Gasteiger partial charge in [-0.2, -0.15) is 0 Å². The van der Waals surface area contributed by atoms with Crippen LogP contribution in [0.3, 0.4) is 0 Å². The molecule has 32 heavy (non-hydrogen) atoms. The molecule has 0 aromatic heterocycles. The predicted molar refractivity (Wildman–Crippen MR) is 133 cm³/mol. The van der Waals surface area contributed by atoms with Crippen LogP contribution >= 0.6 is 23.8 Å². The Bertz CT molecular complexity index is 1250. The first-order valence-corrected chi connectivity index (χ1v) is 10.9. The maximum atomic E-state index is 13.1. The molecule has 1 saturated heterocycles. The Hall–Kier alpha value is -3.28. The number of carbonyl (C=O) groups is 2. The quantitative estimate of drug-likeness (QED) is 0.323. The minimum absolute atomic E-state index is 0.000536. The van der Waals surface area contributed by atoms with Gasteiger partial charge in [0, 0.05) is 5.02 Å². The van der Waals surface area contributed by atoms with Crippen LogP contribution in [0.5, 0.6) is 0 Å². The fourth-order valence-electron chi connectivity index (χ4n) is 3.82. The lowest BCUT2D eigenvalue weighted by Gasteiger charge is -2.28. The molecular formula is C26H21ClN2O2S. The van der Waals surface area contributed by atoms with Gasteiger partial charge in [-0.05, 0) is 73.5 Å². The lowest BCUT2D eigenvalue weighted by molar-refractivity contribution is -0.122. The molecule has 6 heteroatoms. The molecule has 1 heterocycles. The van der Waals surface area contributed by atoms with Gasteiger partial charge in [0.05, 0.1) is 5.69 Å². The van der Waals surface area contributed by atoms with Crippen molar-refractivity contribution in [1.29, 1.82) is 0 Å². The molecule has 0 atom stereocenters. The number of nitrogens with one attached hydrogen (secondary N) is 1. The van der Waals surface area contributed by atoms with Crippen molar-refractivity contribution in [1.82, 2.24) is 5.32 Å². The summed E-state index contributed by atoms with van der Waals surface area (Å²) in [4.78, 5) is 26.9. The van der Waals surface area contributed by atoms with E-state index in [0.717, 1.165) is 5.56 Å². The predicted octanol–water partition coefficient (Wildman–Crippen LogP) is 5.38. The van der Waals surface area contributed by atoms with Crippen LogP contribution in [0.15, 0.2) is 72.3 Å². The second-order valence-electron chi connectivity index (χ2n) is 7.82. The number of hydrogen-bond acceptors (Lipinski definition) is 3. The maximum absolute atomic E-state index is 13.1. The Morgan fingerprint density at radius 2 is 1.66 bits per heavy atom. The average molecular weight is 461 g/mol. The van der Waals surface area contributed by atoms with Crippen molar-refractivity contribution in [3.05, 3.63) is 105 Å². The van der Waals surface area contributed by atoms with E-state index in [1.54, 1.807) is 36.4 Å². The zero-order valence-electron chi connectivity index (χ0n) is 17.7. The standard InChI is InChI=1S/C26H21ClN2O2S/c1-16-10-17(2)12-19(11-16)13-20-9-8-18(15-23(20)27)14-22-24(30)28-26(32)29(25(22)31)21-6-4-3-5-7-21/h3-12,14-15H,13H2,1-2H3,(H,28,30,32)/b22-14-. The van der Waals surface area contributed by atoms with Gasteiger partial charge in [0.15, 0.2) is 5.11 Å². The number of rotatable bonds is 4. The van der Waals surface area contributed by atoms with Crippen LogP contribution in [0.4, 0.5) is 5.69 Å². The largest absolute Gasteiger partial charge is 0.298 e. The highest BCUT2D eigenvalue weighted by atomic mass is 35.5. The smallest absolute Gasteiger partial charge is 0.270 e. The lowest BCUT2D eigenvalue weighted by atomic mass is 9.99. The number of amides is 2. The Morgan fingerprint density at radius 3 is 2.31 bits per heavy atom. The summed E-state index contributed by atoms with van der Waals surface area (Å²) in [6.07, 6.45) is 2.25. The number of benzene rings is 3. The van der Waals surface area contributed by atoms with Gasteiger partial charge < -0.3 is 0 Å². The monoisotopic (exact) mass is 460 g/mol. The van der Waals surface area contributed by atoms with Crippen LogP contribution in [0.25, 0.3) is 6.08 Å². The van der Waals surface area contributed by atoms with Crippen LogP contribution in [-0.2, 0) is 16.0 Å². The van der Waals surface area contributed by atoms with E-state index in [4.69, 9.17) is 23.8 Å². The minimum Gasteiger partial charge on any atom is -0.298 e. The fourth-order valence-corrected chi connectivity index (χ4v) is 4.36. The molecule has 1 aliphatic heterocycles. The molecule has 4 nitrogen and oxygen atoms in total. The van der Waals surface area contributed by atoms with Crippen molar-refractivity contribution in [3.63, 3.8) is 0 Å². The fraction of sp³-hybridized carbons (Fsp3) is 0.115. The van der Waals surface area contributed by atoms with Crippen molar-refractivity contribution in [2.45, 2.75) is 20.3 Å². The van der Waals surface area contributed by atoms with Crippen molar-refractivity contribution >= 4 is 52.5 Å². The number of halogens is 1. The molecule has 1 aliphatic rings. The van der Waals surface area contributed by atoms with Crippen LogP contribution in [0, 0.1) is 13.8 Å². The maximum Gasteiger partial charge on any atom is 0.270 e. The van der Waals surface area contributed by atoms with Crippen molar-refractivity contribution in [3.8, 4) is 0 Å². The number of thiocarbonyl (C=S) groups is 1. The highest BCUT2D eigenvalue weighted by Crippen LogP contribution is 2.25. The molecule has 0 aliphatic carbocycles. The molecule has 1 fully saturated rings. The Kier molecular flexibility index (Phi) is 6.21. The van der Waals surface area contributed by atoms with Gasteiger partial charge in [0.1, 0.15) is 5.57 Å². The summed E-state index contributed by atoms with van der Waals surface area (Å²) < 4.78 is 0. The number of hydrogen-bond donors (Lipinski definition) is 1. The molecule has 4 rings (SSSR count). The van der Waals surface area contributed by atoms with Crippen LogP contribution in [-0.4, -0.2) is 16.9 Å². The second kappa shape index (κ2) is 9.07. The molecule has 0 spiro atoms. The summed E-state index contributed by atoms with van der Waals surface area (Å²) in [6, 6.07) is 21.0. The SMILES string of the molecule is Cc1cc(C)cc(Cc2ccc(/C=C3/C(=O)NC(=S)N(c4ccccc4)C3=O)cc2Cl)c1. The molecule has 3 aromatic carbocycles. The zero-order chi connectivity index (χ0) is 22.8. The molecule has 0 radical (unpaired) electrons. The molecule has 3 aromatic rings. The number of anilines is 1. The van der Waals surface area contributed by atoms with E-state index in [9.17, 15) is 9.59 Å². The van der Waals surface area contributed by atoms with Gasteiger partial charge in [-0.3, -0.25) is 19.8 Å². The van der Waals surface area contributed by atoms with Gasteiger partial charge in [-0.15, -0.1) is 0 Å². The van der Waals surface area contributed by atoms with Gasteiger partial charge in [0.25, 0.3) is 11.8 Å². The van der Waals surface area contributed by atoms with Crippen molar-refractivity contribution in [2.24, 2.45) is 0 Å².